The van der Waals surface area contributed by atoms with E-state index >= 15 is 0 Å². The molecule has 4 heteroatoms. The highest BCUT2D eigenvalue weighted by atomic mass is 16.5. The number of rotatable bonds is 11. The van der Waals surface area contributed by atoms with Crippen LogP contribution in [0.15, 0.2) is 18.2 Å². The van der Waals surface area contributed by atoms with Crippen LogP contribution in [0.5, 0.6) is 17.2 Å². The van der Waals surface area contributed by atoms with Crippen LogP contribution < -0.4 is 19.5 Å². The molecule has 0 heterocycles. The first kappa shape index (κ1) is 16.6. The molecule has 0 unspecified atom stereocenters. The van der Waals surface area contributed by atoms with Gasteiger partial charge in [0.05, 0.1) is 20.8 Å². The molecule has 0 aromatic heterocycles. The Morgan fingerprint density at radius 2 is 1.60 bits per heavy atom. The highest BCUT2D eigenvalue weighted by Crippen LogP contribution is 2.36. The summed E-state index contributed by atoms with van der Waals surface area (Å²) in [5.41, 5.74) is 0. The minimum Gasteiger partial charge on any atom is -0.493 e. The highest BCUT2D eigenvalue weighted by Gasteiger charge is 2.10. The maximum absolute atomic E-state index is 5.81. The van der Waals surface area contributed by atoms with Crippen molar-refractivity contribution in [2.45, 2.75) is 32.6 Å². The van der Waals surface area contributed by atoms with E-state index in [4.69, 9.17) is 14.2 Å². The second kappa shape index (κ2) is 10.4. The molecule has 4 nitrogen and oxygen atoms in total. The number of hydrogen-bond donors (Lipinski definition) is 1. The number of unbranched alkanes of at least 4 members (excludes halogenated alkanes) is 3. The zero-order chi connectivity index (χ0) is 14.6. The van der Waals surface area contributed by atoms with Crippen molar-refractivity contribution < 1.29 is 14.2 Å². The molecule has 0 aliphatic rings. The van der Waals surface area contributed by atoms with E-state index in [-0.39, 0.29) is 0 Å². The summed E-state index contributed by atoms with van der Waals surface area (Å²) >= 11 is 0. The second-order valence-electron chi connectivity index (χ2n) is 4.61. The van der Waals surface area contributed by atoms with Gasteiger partial charge in [-0.15, -0.1) is 0 Å². The topological polar surface area (TPSA) is 39.7 Å². The molecule has 1 aromatic carbocycles. The largest absolute Gasteiger partial charge is 0.493 e. The van der Waals surface area contributed by atoms with Gasteiger partial charge >= 0.3 is 0 Å². The summed E-state index contributed by atoms with van der Waals surface area (Å²) in [5.74, 6) is 2.14. The molecule has 0 radical (unpaired) electrons. The van der Waals surface area contributed by atoms with Crippen molar-refractivity contribution in [3.63, 3.8) is 0 Å². The second-order valence-corrected chi connectivity index (χ2v) is 4.61. The van der Waals surface area contributed by atoms with Crippen LogP contribution in [0, 0.1) is 0 Å². The Morgan fingerprint density at radius 3 is 2.20 bits per heavy atom. The van der Waals surface area contributed by atoms with Crippen LogP contribution in [0.3, 0.4) is 0 Å². The third kappa shape index (κ3) is 5.70. The summed E-state index contributed by atoms with van der Waals surface area (Å²) in [6.45, 7) is 4.99. The first-order valence-electron chi connectivity index (χ1n) is 7.38. The van der Waals surface area contributed by atoms with Gasteiger partial charge in [-0.3, -0.25) is 0 Å². The fourth-order valence-corrected chi connectivity index (χ4v) is 2.02. The number of methoxy groups -OCH3 is 2. The van der Waals surface area contributed by atoms with Gasteiger partial charge in [-0.25, -0.2) is 0 Å². The quantitative estimate of drug-likeness (QED) is 0.632. The molecular formula is C16H27NO3. The molecule has 0 atom stereocenters. The van der Waals surface area contributed by atoms with Crippen LogP contribution in [0.1, 0.15) is 32.6 Å². The molecule has 0 spiro atoms. The predicted molar refractivity (Wildman–Crippen MR) is 82.1 cm³/mol. The minimum absolute atomic E-state index is 0.692. The van der Waals surface area contributed by atoms with E-state index in [0.717, 1.165) is 31.0 Å². The van der Waals surface area contributed by atoms with E-state index in [9.17, 15) is 0 Å². The van der Waals surface area contributed by atoms with Gasteiger partial charge in [-0.1, -0.05) is 25.8 Å². The van der Waals surface area contributed by atoms with Gasteiger partial charge in [-0.05, 0) is 38.1 Å². The molecule has 0 amide bonds. The van der Waals surface area contributed by atoms with Gasteiger partial charge in [0.15, 0.2) is 11.5 Å². The Kier molecular flexibility index (Phi) is 8.63. The Balaban J connectivity index is 2.27. The monoisotopic (exact) mass is 281 g/mol. The summed E-state index contributed by atoms with van der Waals surface area (Å²) in [5, 5.41) is 3.33. The highest BCUT2D eigenvalue weighted by molar-refractivity contribution is 5.51. The third-order valence-corrected chi connectivity index (χ3v) is 3.13. The molecule has 1 N–H and O–H groups in total. The maximum Gasteiger partial charge on any atom is 0.203 e. The average molecular weight is 281 g/mol. The fraction of sp³-hybridized carbons (Fsp3) is 0.625. The van der Waals surface area contributed by atoms with Crippen molar-refractivity contribution in [3.05, 3.63) is 18.2 Å². The van der Waals surface area contributed by atoms with E-state index < -0.39 is 0 Å². The van der Waals surface area contributed by atoms with E-state index in [1.807, 2.05) is 18.2 Å². The van der Waals surface area contributed by atoms with Crippen LogP contribution >= 0.6 is 0 Å². The van der Waals surface area contributed by atoms with Crippen LogP contribution in [0.4, 0.5) is 0 Å². The number of ether oxygens (including phenoxy) is 3. The van der Waals surface area contributed by atoms with E-state index in [2.05, 4.69) is 12.2 Å². The van der Waals surface area contributed by atoms with Gasteiger partial charge in [0.25, 0.3) is 0 Å². The molecule has 0 fully saturated rings. The lowest BCUT2D eigenvalue weighted by molar-refractivity contribution is 0.267. The molecule has 0 saturated heterocycles. The predicted octanol–water partition coefficient (Wildman–Crippen LogP) is 3.25. The summed E-state index contributed by atoms with van der Waals surface area (Å²) in [7, 11) is 3.28. The first-order chi connectivity index (χ1) is 9.83. The molecule has 20 heavy (non-hydrogen) atoms. The van der Waals surface area contributed by atoms with Crippen molar-refractivity contribution >= 4 is 0 Å². The van der Waals surface area contributed by atoms with Crippen molar-refractivity contribution in [3.8, 4) is 17.2 Å². The first-order valence-corrected chi connectivity index (χ1v) is 7.38. The molecular weight excluding hydrogens is 254 g/mol. The zero-order valence-electron chi connectivity index (χ0n) is 12.9. The lowest BCUT2D eigenvalue weighted by Crippen LogP contribution is -2.13. The minimum atomic E-state index is 0.692. The fourth-order valence-electron chi connectivity index (χ4n) is 2.02. The summed E-state index contributed by atoms with van der Waals surface area (Å²) < 4.78 is 16.4. The Hall–Kier alpha value is -1.42. The average Bonchev–Trinajstić information content (AvgIpc) is 2.49. The van der Waals surface area contributed by atoms with Gasteiger partial charge in [0, 0.05) is 0 Å². The maximum atomic E-state index is 5.81. The van der Waals surface area contributed by atoms with Gasteiger partial charge in [0.2, 0.25) is 5.75 Å². The number of hydrogen-bond acceptors (Lipinski definition) is 4. The molecule has 1 aromatic rings. The van der Waals surface area contributed by atoms with Gasteiger partial charge < -0.3 is 19.5 Å². The zero-order valence-corrected chi connectivity index (χ0v) is 12.9. The molecule has 114 valence electrons. The Labute approximate surface area is 122 Å². The Morgan fingerprint density at radius 1 is 0.950 bits per heavy atom. The van der Waals surface area contributed by atoms with Crippen molar-refractivity contribution in [1.82, 2.24) is 5.32 Å². The molecule has 0 saturated carbocycles. The van der Waals surface area contributed by atoms with Gasteiger partial charge in [0.1, 0.15) is 0 Å². The molecule has 0 bridgehead atoms. The number of nitrogens with one attached hydrogen (secondary N) is 1. The van der Waals surface area contributed by atoms with Crippen molar-refractivity contribution in [2.75, 3.05) is 33.9 Å². The number of para-hydroxylation sites is 1. The van der Waals surface area contributed by atoms with Crippen molar-refractivity contribution in [1.29, 1.82) is 0 Å². The third-order valence-electron chi connectivity index (χ3n) is 3.13. The summed E-state index contributed by atoms with van der Waals surface area (Å²) in [6.07, 6.45) is 4.70. The van der Waals surface area contributed by atoms with E-state index in [1.165, 1.54) is 19.3 Å². The van der Waals surface area contributed by atoms with Crippen LogP contribution in [-0.4, -0.2) is 33.9 Å². The van der Waals surface area contributed by atoms with E-state index in [0.29, 0.717) is 12.4 Å². The summed E-state index contributed by atoms with van der Waals surface area (Å²) in [6, 6.07) is 5.66. The van der Waals surface area contributed by atoms with Gasteiger partial charge in [-0.2, -0.15) is 0 Å². The lowest BCUT2D eigenvalue weighted by atomic mass is 10.2. The smallest absolute Gasteiger partial charge is 0.203 e. The van der Waals surface area contributed by atoms with Crippen molar-refractivity contribution in [2.24, 2.45) is 0 Å². The van der Waals surface area contributed by atoms with Crippen LogP contribution in [-0.2, 0) is 0 Å². The molecule has 0 aliphatic carbocycles. The standard InChI is InChI=1S/C16H27NO3/c1-4-17-12-7-5-6-8-13-20-16-14(18-2)10-9-11-15(16)19-3/h9-11,17H,4-8,12-13H2,1-3H3. The normalized spacial score (nSPS) is 10.3. The SMILES string of the molecule is CCNCCCCCCOc1c(OC)cccc1OC. The number of benzene rings is 1. The molecule has 0 aliphatic heterocycles. The molecule has 1 rings (SSSR count). The van der Waals surface area contributed by atoms with E-state index in [1.54, 1.807) is 14.2 Å². The van der Waals surface area contributed by atoms with Crippen LogP contribution in [0.2, 0.25) is 0 Å². The van der Waals surface area contributed by atoms with Crippen LogP contribution in [0.25, 0.3) is 0 Å². The summed E-state index contributed by atoms with van der Waals surface area (Å²) in [4.78, 5) is 0. The lowest BCUT2D eigenvalue weighted by Gasteiger charge is -2.13. The Bertz CT molecular complexity index is 346.